The Morgan fingerprint density at radius 1 is 0.944 bits per heavy atom. The third-order valence-electron chi connectivity index (χ3n) is 6.35. The predicted molar refractivity (Wildman–Crippen MR) is 76.6 cm³/mol. The summed E-state index contributed by atoms with van der Waals surface area (Å²) in [7, 11) is 0. The Hall–Kier alpha value is 0.300. The van der Waals surface area contributed by atoms with Crippen molar-refractivity contribution in [2.75, 3.05) is 0 Å². The SMILES string of the molecule is CC12CC3CC(C1)CC(C(=O)Br)(C3)C2(C)C(=O)Br. The Bertz CT molecular complexity index is 431. The molecule has 4 saturated carbocycles. The summed E-state index contributed by atoms with van der Waals surface area (Å²) < 4.78 is 0.0646. The fourth-order valence-electron chi connectivity index (χ4n) is 5.55. The normalized spacial score (nSPS) is 53.6. The summed E-state index contributed by atoms with van der Waals surface area (Å²) in [6.07, 6.45) is 5.22. The van der Waals surface area contributed by atoms with Gasteiger partial charge in [0.2, 0.25) is 9.39 Å². The summed E-state index contributed by atoms with van der Waals surface area (Å²) in [5.74, 6) is 1.26. The summed E-state index contributed by atoms with van der Waals surface area (Å²) in [4.78, 5) is 24.6. The second-order valence-corrected chi connectivity index (χ2v) is 8.54. The van der Waals surface area contributed by atoms with E-state index in [4.69, 9.17) is 0 Å². The molecule has 0 spiro atoms. The highest BCUT2D eigenvalue weighted by Gasteiger charge is 2.72. The van der Waals surface area contributed by atoms with Gasteiger partial charge in [-0.2, -0.15) is 0 Å². The molecule has 4 rings (SSSR count). The van der Waals surface area contributed by atoms with Gasteiger partial charge in [0.15, 0.2) is 0 Å². The molecule has 3 atom stereocenters. The molecule has 4 bridgehead atoms. The van der Waals surface area contributed by atoms with E-state index in [1.165, 1.54) is 6.42 Å². The van der Waals surface area contributed by atoms with Crippen LogP contribution in [-0.2, 0) is 9.59 Å². The van der Waals surface area contributed by atoms with Crippen molar-refractivity contribution in [3.63, 3.8) is 0 Å². The second kappa shape index (κ2) is 3.69. The molecule has 4 aliphatic carbocycles. The maximum atomic E-state index is 12.3. The summed E-state index contributed by atoms with van der Waals surface area (Å²) in [6.45, 7) is 4.23. The molecule has 0 aromatic heterocycles. The van der Waals surface area contributed by atoms with Gasteiger partial charge in [-0.1, -0.05) is 13.8 Å². The van der Waals surface area contributed by atoms with Crippen LogP contribution in [0.25, 0.3) is 0 Å². The van der Waals surface area contributed by atoms with E-state index in [-0.39, 0.29) is 14.8 Å². The average Bonchev–Trinajstić information content (AvgIpc) is 2.23. The van der Waals surface area contributed by atoms with Gasteiger partial charge < -0.3 is 0 Å². The Balaban J connectivity index is 2.22. The molecule has 0 aromatic carbocycles. The molecule has 4 heteroatoms. The maximum Gasteiger partial charge on any atom is 0.205 e. The largest absolute Gasteiger partial charge is 0.286 e. The topological polar surface area (TPSA) is 34.1 Å². The lowest BCUT2D eigenvalue weighted by molar-refractivity contribution is -0.204. The Morgan fingerprint density at radius 3 is 1.83 bits per heavy atom. The molecule has 4 fully saturated rings. The first kappa shape index (κ1) is 13.3. The lowest BCUT2D eigenvalue weighted by Crippen LogP contribution is -2.67. The average molecular weight is 378 g/mol. The van der Waals surface area contributed by atoms with Gasteiger partial charge in [-0.3, -0.25) is 9.59 Å². The van der Waals surface area contributed by atoms with Gasteiger partial charge in [-0.15, -0.1) is 0 Å². The van der Waals surface area contributed by atoms with E-state index < -0.39 is 10.8 Å². The molecule has 0 heterocycles. The van der Waals surface area contributed by atoms with E-state index >= 15 is 0 Å². The van der Waals surface area contributed by atoms with Crippen molar-refractivity contribution in [2.45, 2.75) is 46.0 Å². The Morgan fingerprint density at radius 2 is 1.44 bits per heavy atom. The van der Waals surface area contributed by atoms with Crippen LogP contribution in [0.4, 0.5) is 0 Å². The van der Waals surface area contributed by atoms with E-state index in [1.807, 2.05) is 6.92 Å². The molecule has 18 heavy (non-hydrogen) atoms. The van der Waals surface area contributed by atoms with Gasteiger partial charge in [0, 0.05) is 0 Å². The summed E-state index contributed by atoms with van der Waals surface area (Å²) in [5, 5.41) is 0. The summed E-state index contributed by atoms with van der Waals surface area (Å²) >= 11 is 6.43. The Kier molecular flexibility index (Phi) is 2.72. The molecule has 0 radical (unpaired) electrons. The first-order valence-corrected chi connectivity index (χ1v) is 8.24. The molecule has 3 unspecified atom stereocenters. The number of hydrogen-bond donors (Lipinski definition) is 0. The third-order valence-corrected chi connectivity index (χ3v) is 7.90. The van der Waals surface area contributed by atoms with E-state index in [9.17, 15) is 9.59 Å². The Labute approximate surface area is 125 Å². The highest BCUT2D eigenvalue weighted by atomic mass is 79.9. The van der Waals surface area contributed by atoms with Crippen LogP contribution >= 0.6 is 31.9 Å². The van der Waals surface area contributed by atoms with Crippen molar-refractivity contribution < 1.29 is 9.59 Å². The highest BCUT2D eigenvalue weighted by molar-refractivity contribution is 9.18. The van der Waals surface area contributed by atoms with Crippen LogP contribution < -0.4 is 0 Å². The lowest BCUT2D eigenvalue weighted by atomic mass is 9.35. The zero-order valence-corrected chi connectivity index (χ0v) is 13.9. The molecule has 0 aliphatic heterocycles. The van der Waals surface area contributed by atoms with Crippen molar-refractivity contribution >= 4 is 41.2 Å². The molecule has 0 amide bonds. The summed E-state index contributed by atoms with van der Waals surface area (Å²) in [6, 6.07) is 0. The number of carbonyl (C=O) groups is 2. The van der Waals surface area contributed by atoms with Crippen molar-refractivity contribution in [3.8, 4) is 0 Å². The molecule has 0 saturated heterocycles. The minimum Gasteiger partial charge on any atom is -0.286 e. The van der Waals surface area contributed by atoms with Crippen LogP contribution in [0.3, 0.4) is 0 Å². The van der Waals surface area contributed by atoms with Crippen LogP contribution in [0.5, 0.6) is 0 Å². The van der Waals surface area contributed by atoms with Gasteiger partial charge in [0.25, 0.3) is 0 Å². The zero-order valence-electron chi connectivity index (χ0n) is 10.8. The van der Waals surface area contributed by atoms with Crippen LogP contribution in [0.2, 0.25) is 0 Å². The van der Waals surface area contributed by atoms with E-state index in [2.05, 4.69) is 38.8 Å². The fraction of sp³-hybridized carbons (Fsp3) is 0.857. The fourth-order valence-corrected chi connectivity index (χ4v) is 7.13. The van der Waals surface area contributed by atoms with Crippen LogP contribution in [0.15, 0.2) is 0 Å². The lowest BCUT2D eigenvalue weighted by Gasteiger charge is -2.68. The van der Waals surface area contributed by atoms with Crippen LogP contribution in [0.1, 0.15) is 46.0 Å². The van der Waals surface area contributed by atoms with Crippen molar-refractivity contribution in [3.05, 3.63) is 0 Å². The van der Waals surface area contributed by atoms with Gasteiger partial charge in [-0.25, -0.2) is 0 Å². The monoisotopic (exact) mass is 376 g/mol. The molecule has 100 valence electrons. The molecule has 4 aliphatic rings. The van der Waals surface area contributed by atoms with Crippen molar-refractivity contribution in [1.82, 2.24) is 0 Å². The predicted octanol–water partition coefficient (Wildman–Crippen LogP) is 4.05. The van der Waals surface area contributed by atoms with Gasteiger partial charge >= 0.3 is 0 Å². The van der Waals surface area contributed by atoms with E-state index in [0.29, 0.717) is 11.8 Å². The molecule has 2 nitrogen and oxygen atoms in total. The van der Waals surface area contributed by atoms with Crippen LogP contribution in [0, 0.1) is 28.1 Å². The molecule has 0 N–H and O–H groups in total. The molecule has 0 aromatic rings. The number of halogens is 2. The van der Waals surface area contributed by atoms with E-state index in [1.54, 1.807) is 0 Å². The number of carbonyl (C=O) groups excluding carboxylic acids is 2. The zero-order chi connectivity index (χ0) is 13.3. The van der Waals surface area contributed by atoms with Crippen molar-refractivity contribution in [2.24, 2.45) is 28.1 Å². The highest BCUT2D eigenvalue weighted by Crippen LogP contribution is 2.74. The van der Waals surface area contributed by atoms with Crippen molar-refractivity contribution in [1.29, 1.82) is 0 Å². The van der Waals surface area contributed by atoms with Gasteiger partial charge in [-0.05, 0) is 81.2 Å². The maximum absolute atomic E-state index is 12.3. The van der Waals surface area contributed by atoms with Gasteiger partial charge in [0.05, 0.1) is 10.8 Å². The van der Waals surface area contributed by atoms with Crippen LogP contribution in [-0.4, -0.2) is 9.39 Å². The molecular weight excluding hydrogens is 360 g/mol. The smallest absolute Gasteiger partial charge is 0.205 e. The number of rotatable bonds is 2. The van der Waals surface area contributed by atoms with Gasteiger partial charge in [0.1, 0.15) is 0 Å². The quantitative estimate of drug-likeness (QED) is 0.680. The second-order valence-electron chi connectivity index (χ2n) is 7.10. The first-order valence-electron chi connectivity index (χ1n) is 6.65. The third kappa shape index (κ3) is 1.29. The minimum atomic E-state index is -0.562. The molecular formula is C14H18Br2O2. The minimum absolute atomic E-state index is 0.0177. The van der Waals surface area contributed by atoms with E-state index in [0.717, 1.165) is 25.7 Å². The first-order chi connectivity index (χ1) is 8.25. The number of hydrogen-bond acceptors (Lipinski definition) is 2. The standard InChI is InChI=1S/C14H18Br2O2/c1-12-4-8-3-9(5-12)7-14(6-8,11(16)18)13(12,2)10(15)17/h8-9H,3-7H2,1-2H3. The summed E-state index contributed by atoms with van der Waals surface area (Å²) in [5.41, 5.74) is -1.07.